The third-order valence-electron chi connectivity index (χ3n) is 4.31. The topological polar surface area (TPSA) is 70.5 Å². The molecule has 2 aromatic carbocycles. The molecule has 0 unspecified atom stereocenters. The van der Waals surface area contributed by atoms with E-state index in [4.69, 9.17) is 20.9 Å². The molecule has 0 aliphatic heterocycles. The normalized spacial score (nSPS) is 10.7. The molecule has 2 heterocycles. The van der Waals surface area contributed by atoms with Gasteiger partial charge in [-0.1, -0.05) is 36.4 Å². The van der Waals surface area contributed by atoms with Gasteiger partial charge in [-0.2, -0.15) is 0 Å². The lowest BCUT2D eigenvalue weighted by Gasteiger charge is -2.11. The van der Waals surface area contributed by atoms with Crippen LogP contribution in [0.2, 0.25) is 0 Å². The van der Waals surface area contributed by atoms with Crippen molar-refractivity contribution in [1.82, 2.24) is 0 Å². The van der Waals surface area contributed by atoms with Gasteiger partial charge in [0, 0.05) is 33.6 Å². The van der Waals surface area contributed by atoms with Gasteiger partial charge in [0.2, 0.25) is 0 Å². The lowest BCUT2D eigenvalue weighted by molar-refractivity contribution is 0.226. The molecule has 0 radical (unpaired) electrons. The van der Waals surface area contributed by atoms with E-state index < -0.39 is 0 Å². The van der Waals surface area contributed by atoms with Gasteiger partial charge < -0.3 is 20.9 Å². The molecule has 0 spiro atoms. The van der Waals surface area contributed by atoms with Gasteiger partial charge in [0.15, 0.2) is 10.1 Å². The predicted molar refractivity (Wildman–Crippen MR) is 119 cm³/mol. The summed E-state index contributed by atoms with van der Waals surface area (Å²) in [6.07, 6.45) is 0. The second-order valence-corrected chi connectivity index (χ2v) is 7.87. The molecule has 0 saturated carbocycles. The first-order valence-electron chi connectivity index (χ1n) is 8.84. The van der Waals surface area contributed by atoms with Crippen LogP contribution in [0.3, 0.4) is 0 Å². The maximum absolute atomic E-state index is 6.10. The van der Waals surface area contributed by atoms with Crippen LogP contribution in [0.1, 0.15) is 0 Å². The van der Waals surface area contributed by atoms with Crippen LogP contribution in [0.4, 0.5) is 11.4 Å². The third kappa shape index (κ3) is 3.83. The Labute approximate surface area is 172 Å². The number of thiophene rings is 2. The van der Waals surface area contributed by atoms with E-state index in [-0.39, 0.29) is 0 Å². The maximum Gasteiger partial charge on any atom is 0.181 e. The van der Waals surface area contributed by atoms with Gasteiger partial charge in [-0.15, -0.1) is 22.7 Å². The first kappa shape index (κ1) is 18.4. The number of rotatable bonds is 7. The van der Waals surface area contributed by atoms with Crippen LogP contribution in [0, 0.1) is 0 Å². The molecule has 4 N–H and O–H groups in total. The first-order chi connectivity index (χ1) is 13.7. The van der Waals surface area contributed by atoms with Crippen molar-refractivity contribution in [2.45, 2.75) is 0 Å². The Morgan fingerprint density at radius 1 is 0.571 bits per heavy atom. The predicted octanol–water partition coefficient (Wildman–Crippen LogP) is 5.77. The second-order valence-electron chi connectivity index (χ2n) is 6.11. The highest BCUT2D eigenvalue weighted by Crippen LogP contribution is 2.39. The minimum atomic E-state index is 0.446. The summed E-state index contributed by atoms with van der Waals surface area (Å²) in [4.78, 5) is 0. The Morgan fingerprint density at radius 3 is 1.43 bits per heavy atom. The van der Waals surface area contributed by atoms with Crippen LogP contribution < -0.4 is 20.9 Å². The van der Waals surface area contributed by atoms with Crippen molar-refractivity contribution in [3.05, 3.63) is 71.4 Å². The Balaban J connectivity index is 1.40. The Morgan fingerprint density at radius 2 is 1.00 bits per heavy atom. The summed E-state index contributed by atoms with van der Waals surface area (Å²) in [5.41, 5.74) is 17.7. The highest BCUT2D eigenvalue weighted by atomic mass is 32.1. The van der Waals surface area contributed by atoms with Crippen molar-refractivity contribution in [1.29, 1.82) is 0 Å². The molecule has 2 aromatic heterocycles. The highest BCUT2D eigenvalue weighted by Gasteiger charge is 2.12. The standard InChI is InChI=1S/C22H20N2O2S2/c23-19-7-3-1-5-15(19)17-9-13-27-21(17)25-11-12-26-22-18(10-14-28-22)16-6-2-4-8-20(16)24/h1-10,13-14H,11-12,23-24H2. The molecule has 0 aliphatic carbocycles. The molecule has 142 valence electrons. The largest absolute Gasteiger partial charge is 0.480 e. The SMILES string of the molecule is Nc1ccccc1-c1ccsc1OCCOc1sccc1-c1ccccc1N. The van der Waals surface area contributed by atoms with E-state index in [1.54, 1.807) is 22.7 Å². The van der Waals surface area contributed by atoms with Crippen LogP contribution in [-0.2, 0) is 0 Å². The number of ether oxygens (including phenoxy) is 2. The summed E-state index contributed by atoms with van der Waals surface area (Å²) in [5, 5.41) is 5.71. The molecule has 0 saturated heterocycles. The van der Waals surface area contributed by atoms with Gasteiger partial charge in [0.1, 0.15) is 13.2 Å². The van der Waals surface area contributed by atoms with E-state index >= 15 is 0 Å². The van der Waals surface area contributed by atoms with E-state index in [9.17, 15) is 0 Å². The molecule has 4 nitrogen and oxygen atoms in total. The van der Waals surface area contributed by atoms with Crippen molar-refractivity contribution in [2.75, 3.05) is 24.7 Å². The minimum Gasteiger partial charge on any atom is -0.480 e. The fraction of sp³-hybridized carbons (Fsp3) is 0.0909. The maximum atomic E-state index is 6.10. The van der Waals surface area contributed by atoms with Crippen molar-refractivity contribution in [3.8, 4) is 32.4 Å². The number of hydrogen-bond acceptors (Lipinski definition) is 6. The molecule has 0 fully saturated rings. The van der Waals surface area contributed by atoms with Crippen LogP contribution in [0.5, 0.6) is 10.1 Å². The average molecular weight is 409 g/mol. The summed E-state index contributed by atoms with van der Waals surface area (Å²) in [7, 11) is 0. The number of hydrogen-bond donors (Lipinski definition) is 2. The minimum absolute atomic E-state index is 0.446. The van der Waals surface area contributed by atoms with Gasteiger partial charge in [0.05, 0.1) is 0 Å². The Bertz CT molecular complexity index is 986. The van der Waals surface area contributed by atoms with Gasteiger partial charge in [0.25, 0.3) is 0 Å². The molecule has 4 aromatic rings. The smallest absolute Gasteiger partial charge is 0.181 e. The fourth-order valence-electron chi connectivity index (χ4n) is 2.97. The number of benzene rings is 2. The molecule has 0 aliphatic rings. The molecular weight excluding hydrogens is 388 g/mol. The second kappa shape index (κ2) is 8.37. The first-order valence-corrected chi connectivity index (χ1v) is 10.6. The van der Waals surface area contributed by atoms with Crippen molar-refractivity contribution < 1.29 is 9.47 Å². The summed E-state index contributed by atoms with van der Waals surface area (Å²) in [6.45, 7) is 0.893. The Hall–Kier alpha value is -2.96. The lowest BCUT2D eigenvalue weighted by Crippen LogP contribution is -2.08. The average Bonchev–Trinajstić information content (AvgIpc) is 3.35. The van der Waals surface area contributed by atoms with Crippen LogP contribution in [0.25, 0.3) is 22.3 Å². The van der Waals surface area contributed by atoms with Crippen molar-refractivity contribution in [3.63, 3.8) is 0 Å². The molecule has 28 heavy (non-hydrogen) atoms. The zero-order valence-corrected chi connectivity index (χ0v) is 16.8. The number of para-hydroxylation sites is 2. The van der Waals surface area contributed by atoms with E-state index in [0.29, 0.717) is 13.2 Å². The summed E-state index contributed by atoms with van der Waals surface area (Å²) in [5.74, 6) is 0. The fourth-order valence-corrected chi connectivity index (χ4v) is 4.54. The van der Waals surface area contributed by atoms with E-state index in [2.05, 4.69) is 0 Å². The van der Waals surface area contributed by atoms with Gasteiger partial charge in [-0.3, -0.25) is 0 Å². The number of nitrogens with two attached hydrogens (primary N) is 2. The monoisotopic (exact) mass is 408 g/mol. The number of anilines is 2. The van der Waals surface area contributed by atoms with E-state index in [1.165, 1.54) is 0 Å². The summed E-state index contributed by atoms with van der Waals surface area (Å²) >= 11 is 3.11. The third-order valence-corrected chi connectivity index (χ3v) is 5.96. The summed E-state index contributed by atoms with van der Waals surface area (Å²) < 4.78 is 11.9. The van der Waals surface area contributed by atoms with Crippen LogP contribution >= 0.6 is 22.7 Å². The number of nitrogen functional groups attached to an aromatic ring is 2. The zero-order chi connectivity index (χ0) is 19.3. The Kier molecular flexibility index (Phi) is 5.50. The molecule has 0 bridgehead atoms. The quantitative estimate of drug-likeness (QED) is 0.301. The van der Waals surface area contributed by atoms with Crippen molar-refractivity contribution >= 4 is 34.0 Å². The summed E-state index contributed by atoms with van der Waals surface area (Å²) in [6, 6.07) is 19.7. The lowest BCUT2D eigenvalue weighted by atomic mass is 10.1. The molecule has 4 rings (SSSR count). The zero-order valence-electron chi connectivity index (χ0n) is 15.1. The highest BCUT2D eigenvalue weighted by molar-refractivity contribution is 7.12. The van der Waals surface area contributed by atoms with Crippen LogP contribution in [-0.4, -0.2) is 13.2 Å². The van der Waals surface area contributed by atoms with E-state index in [0.717, 1.165) is 43.8 Å². The van der Waals surface area contributed by atoms with Gasteiger partial charge in [-0.25, -0.2) is 0 Å². The molecule has 6 heteroatoms. The molecule has 0 amide bonds. The molecular formula is C22H20N2O2S2. The van der Waals surface area contributed by atoms with Crippen LogP contribution in [0.15, 0.2) is 71.4 Å². The molecule has 0 atom stereocenters. The van der Waals surface area contributed by atoms with Gasteiger partial charge >= 0.3 is 0 Å². The van der Waals surface area contributed by atoms with Crippen molar-refractivity contribution in [2.24, 2.45) is 0 Å². The van der Waals surface area contributed by atoms with Gasteiger partial charge in [-0.05, 0) is 35.0 Å². The van der Waals surface area contributed by atoms with E-state index in [1.807, 2.05) is 71.4 Å².